The third kappa shape index (κ3) is 3.80. The Kier molecular flexibility index (Phi) is 5.03. The summed E-state index contributed by atoms with van der Waals surface area (Å²) >= 11 is 11.8. The largest absolute Gasteiger partial charge is 0.294 e. The molecule has 0 saturated carbocycles. The van der Waals surface area contributed by atoms with Crippen LogP contribution in [-0.2, 0) is 6.42 Å². The molecule has 0 bridgehead atoms. The van der Waals surface area contributed by atoms with Gasteiger partial charge in [0.2, 0.25) is 0 Å². The van der Waals surface area contributed by atoms with Gasteiger partial charge < -0.3 is 0 Å². The second-order valence-electron chi connectivity index (χ2n) is 4.32. The number of hydrogen-bond donors (Lipinski definition) is 0. The summed E-state index contributed by atoms with van der Waals surface area (Å²) in [6.07, 6.45) is 0.317. The van der Waals surface area contributed by atoms with Crippen molar-refractivity contribution >= 4 is 55.9 Å². The first-order chi connectivity index (χ1) is 8.97. The normalized spacial score (nSPS) is 10.5. The van der Waals surface area contributed by atoms with Gasteiger partial charge in [0.15, 0.2) is 5.78 Å². The van der Waals surface area contributed by atoms with Gasteiger partial charge in [0, 0.05) is 25.0 Å². The number of carbonyl (C=O) groups is 1. The van der Waals surface area contributed by atoms with Gasteiger partial charge in [0.25, 0.3) is 0 Å². The molecular weight excluding hydrogens is 438 g/mol. The van der Waals surface area contributed by atoms with Gasteiger partial charge in [-0.15, -0.1) is 0 Å². The van der Waals surface area contributed by atoms with Crippen LogP contribution in [0, 0.1) is 10.5 Å². The molecule has 0 radical (unpaired) electrons. The lowest BCUT2D eigenvalue weighted by molar-refractivity contribution is 0.0992. The van der Waals surface area contributed by atoms with Crippen molar-refractivity contribution in [3.8, 4) is 0 Å². The lowest BCUT2D eigenvalue weighted by Crippen LogP contribution is -2.05. The fourth-order valence-electron chi connectivity index (χ4n) is 1.78. The summed E-state index contributed by atoms with van der Waals surface area (Å²) in [5.74, 6) is 0.0659. The number of benzene rings is 2. The second kappa shape index (κ2) is 6.37. The lowest BCUT2D eigenvalue weighted by Gasteiger charge is -2.07. The molecule has 2 aromatic rings. The number of halogens is 3. The summed E-state index contributed by atoms with van der Waals surface area (Å²) in [5.41, 5.74) is 2.66. The van der Waals surface area contributed by atoms with Crippen LogP contribution in [0.5, 0.6) is 0 Å². The van der Waals surface area contributed by atoms with Crippen LogP contribution in [-0.4, -0.2) is 5.78 Å². The topological polar surface area (TPSA) is 17.1 Å². The SMILES string of the molecule is Cc1ccc(CC(=O)c2cc(I)ccc2Br)c(Cl)c1. The monoisotopic (exact) mass is 448 g/mol. The Bertz CT molecular complexity index is 640. The average Bonchev–Trinajstić information content (AvgIpc) is 2.35. The van der Waals surface area contributed by atoms with Gasteiger partial charge in [0.1, 0.15) is 0 Å². The Labute approximate surface area is 139 Å². The molecule has 0 unspecified atom stereocenters. The summed E-state index contributed by atoms with van der Waals surface area (Å²) in [7, 11) is 0. The molecule has 1 nitrogen and oxygen atoms in total. The molecule has 0 atom stereocenters. The molecule has 0 amide bonds. The van der Waals surface area contributed by atoms with E-state index < -0.39 is 0 Å². The van der Waals surface area contributed by atoms with E-state index in [0.29, 0.717) is 17.0 Å². The van der Waals surface area contributed by atoms with E-state index in [-0.39, 0.29) is 5.78 Å². The smallest absolute Gasteiger partial charge is 0.168 e. The van der Waals surface area contributed by atoms with Crippen molar-refractivity contribution < 1.29 is 4.79 Å². The molecule has 0 saturated heterocycles. The zero-order valence-corrected chi connectivity index (χ0v) is 14.7. The van der Waals surface area contributed by atoms with Gasteiger partial charge in [-0.3, -0.25) is 4.79 Å². The third-order valence-corrected chi connectivity index (χ3v) is 4.50. The molecule has 0 heterocycles. The maximum Gasteiger partial charge on any atom is 0.168 e. The zero-order chi connectivity index (χ0) is 14.0. The highest BCUT2D eigenvalue weighted by atomic mass is 127. The minimum atomic E-state index is 0.0659. The summed E-state index contributed by atoms with van der Waals surface area (Å²) in [4.78, 5) is 12.3. The molecule has 0 spiro atoms. The van der Waals surface area contributed by atoms with Crippen molar-refractivity contribution in [3.05, 3.63) is 66.2 Å². The van der Waals surface area contributed by atoms with Crippen molar-refractivity contribution in [2.24, 2.45) is 0 Å². The molecule has 0 aliphatic rings. The Morgan fingerprint density at radius 1 is 1.26 bits per heavy atom. The van der Waals surface area contributed by atoms with E-state index in [1.807, 2.05) is 43.3 Å². The fourth-order valence-corrected chi connectivity index (χ4v) is 3.04. The average molecular weight is 450 g/mol. The number of carbonyl (C=O) groups excluding carboxylic acids is 1. The Hall–Kier alpha value is -0.390. The quantitative estimate of drug-likeness (QED) is 0.451. The first kappa shape index (κ1) is 15.0. The van der Waals surface area contributed by atoms with Crippen molar-refractivity contribution in [2.75, 3.05) is 0 Å². The Balaban J connectivity index is 2.28. The number of hydrogen-bond acceptors (Lipinski definition) is 1. The lowest BCUT2D eigenvalue weighted by atomic mass is 10.0. The van der Waals surface area contributed by atoms with Crippen LogP contribution in [0.1, 0.15) is 21.5 Å². The summed E-state index contributed by atoms with van der Waals surface area (Å²) in [6.45, 7) is 1.98. The first-order valence-corrected chi connectivity index (χ1v) is 7.95. The minimum absolute atomic E-state index is 0.0659. The van der Waals surface area contributed by atoms with Crippen molar-refractivity contribution in [3.63, 3.8) is 0 Å². The van der Waals surface area contributed by atoms with E-state index in [2.05, 4.69) is 38.5 Å². The minimum Gasteiger partial charge on any atom is -0.294 e. The van der Waals surface area contributed by atoms with Gasteiger partial charge in [-0.1, -0.05) is 39.7 Å². The van der Waals surface area contributed by atoms with E-state index in [0.717, 1.165) is 19.2 Å². The van der Waals surface area contributed by atoms with Crippen LogP contribution in [0.4, 0.5) is 0 Å². The van der Waals surface area contributed by atoms with E-state index in [1.54, 1.807) is 0 Å². The standard InChI is InChI=1S/C15H11BrClIO/c1-9-2-3-10(14(17)6-9)7-15(19)12-8-11(18)4-5-13(12)16/h2-6,8H,7H2,1H3. The molecule has 98 valence electrons. The molecule has 19 heavy (non-hydrogen) atoms. The van der Waals surface area contributed by atoms with E-state index in [1.165, 1.54) is 0 Å². The zero-order valence-electron chi connectivity index (χ0n) is 10.2. The highest BCUT2D eigenvalue weighted by molar-refractivity contribution is 14.1. The van der Waals surface area contributed by atoms with Gasteiger partial charge in [-0.05, 0) is 64.9 Å². The third-order valence-electron chi connectivity index (χ3n) is 2.79. The number of ketones is 1. The molecule has 0 aliphatic heterocycles. The number of rotatable bonds is 3. The highest BCUT2D eigenvalue weighted by Gasteiger charge is 2.13. The molecule has 4 heteroatoms. The Morgan fingerprint density at radius 3 is 2.68 bits per heavy atom. The predicted molar refractivity (Wildman–Crippen MR) is 91.1 cm³/mol. The summed E-state index contributed by atoms with van der Waals surface area (Å²) < 4.78 is 1.86. The van der Waals surface area contributed by atoms with Crippen molar-refractivity contribution in [1.29, 1.82) is 0 Å². The van der Waals surface area contributed by atoms with Crippen LogP contribution in [0.2, 0.25) is 5.02 Å². The molecule has 0 fully saturated rings. The van der Waals surface area contributed by atoms with Gasteiger partial charge >= 0.3 is 0 Å². The molecule has 0 aliphatic carbocycles. The molecular formula is C15H11BrClIO. The second-order valence-corrected chi connectivity index (χ2v) is 6.83. The highest BCUT2D eigenvalue weighted by Crippen LogP contribution is 2.24. The number of Topliss-reactive ketones (excluding diaryl/α,β-unsaturated/α-hetero) is 1. The van der Waals surface area contributed by atoms with Crippen LogP contribution < -0.4 is 0 Å². The van der Waals surface area contributed by atoms with Gasteiger partial charge in [-0.2, -0.15) is 0 Å². The van der Waals surface area contributed by atoms with E-state index in [9.17, 15) is 4.79 Å². The molecule has 0 aromatic heterocycles. The predicted octanol–water partition coefficient (Wildman–Crippen LogP) is 5.44. The maximum absolute atomic E-state index is 12.3. The molecule has 0 N–H and O–H groups in total. The van der Waals surface area contributed by atoms with E-state index in [4.69, 9.17) is 11.6 Å². The summed E-state index contributed by atoms with van der Waals surface area (Å²) in [5, 5.41) is 0.648. The molecule has 2 rings (SSSR count). The first-order valence-electron chi connectivity index (χ1n) is 5.70. The van der Waals surface area contributed by atoms with Crippen molar-refractivity contribution in [2.45, 2.75) is 13.3 Å². The van der Waals surface area contributed by atoms with E-state index >= 15 is 0 Å². The van der Waals surface area contributed by atoms with Crippen LogP contribution in [0.25, 0.3) is 0 Å². The van der Waals surface area contributed by atoms with Gasteiger partial charge in [-0.25, -0.2) is 0 Å². The van der Waals surface area contributed by atoms with Crippen LogP contribution in [0.15, 0.2) is 40.9 Å². The van der Waals surface area contributed by atoms with Gasteiger partial charge in [0.05, 0.1) is 0 Å². The summed E-state index contributed by atoms with van der Waals surface area (Å²) in [6, 6.07) is 11.5. The Morgan fingerprint density at radius 2 is 2.00 bits per heavy atom. The van der Waals surface area contributed by atoms with Crippen molar-refractivity contribution in [1.82, 2.24) is 0 Å². The molecule has 2 aromatic carbocycles. The van der Waals surface area contributed by atoms with Crippen LogP contribution in [0.3, 0.4) is 0 Å². The maximum atomic E-state index is 12.3. The number of aryl methyl sites for hydroxylation is 1. The van der Waals surface area contributed by atoms with Crippen LogP contribution >= 0.6 is 50.1 Å². The fraction of sp³-hybridized carbons (Fsp3) is 0.133.